The van der Waals surface area contributed by atoms with Crippen LogP contribution < -0.4 is 16.0 Å². The molecule has 0 saturated heterocycles. The van der Waals surface area contributed by atoms with Gasteiger partial charge in [-0.15, -0.1) is 0 Å². The van der Waals surface area contributed by atoms with Crippen LogP contribution in [0.25, 0.3) is 0 Å². The van der Waals surface area contributed by atoms with Crippen molar-refractivity contribution < 1.29 is 19.5 Å². The van der Waals surface area contributed by atoms with E-state index in [0.717, 1.165) is 0 Å². The van der Waals surface area contributed by atoms with Crippen LogP contribution in [0.3, 0.4) is 0 Å². The quantitative estimate of drug-likeness (QED) is 0.642. The van der Waals surface area contributed by atoms with Crippen LogP contribution in [0.5, 0.6) is 0 Å². The van der Waals surface area contributed by atoms with Crippen molar-refractivity contribution in [1.82, 2.24) is 5.32 Å². The standard InChI is InChI=1S/C12H15N3O4/c1-8(16)14-9-2-4-10(5-3-9)15-12(19)13-7-6-11(17)18/h2-5H,6-7H2,1H3,(H,14,16)(H,17,18)(H2,13,15,19). The van der Waals surface area contributed by atoms with Gasteiger partial charge in [-0.1, -0.05) is 0 Å². The monoisotopic (exact) mass is 265 g/mol. The van der Waals surface area contributed by atoms with Gasteiger partial charge in [0.05, 0.1) is 6.42 Å². The summed E-state index contributed by atoms with van der Waals surface area (Å²) in [5.74, 6) is -1.15. The lowest BCUT2D eigenvalue weighted by molar-refractivity contribution is -0.136. The van der Waals surface area contributed by atoms with Crippen LogP contribution >= 0.6 is 0 Å². The fraction of sp³-hybridized carbons (Fsp3) is 0.250. The lowest BCUT2D eigenvalue weighted by Crippen LogP contribution is -2.30. The van der Waals surface area contributed by atoms with Gasteiger partial charge < -0.3 is 21.1 Å². The van der Waals surface area contributed by atoms with Crippen molar-refractivity contribution in [3.63, 3.8) is 0 Å². The van der Waals surface area contributed by atoms with Crippen LogP contribution in [-0.2, 0) is 9.59 Å². The molecule has 4 N–H and O–H groups in total. The molecule has 7 nitrogen and oxygen atoms in total. The number of hydrogen-bond acceptors (Lipinski definition) is 3. The van der Waals surface area contributed by atoms with Crippen molar-refractivity contribution in [3.8, 4) is 0 Å². The number of carboxylic acids is 1. The molecule has 0 spiro atoms. The zero-order valence-corrected chi connectivity index (χ0v) is 10.4. The molecular formula is C12H15N3O4. The first-order chi connectivity index (χ1) is 8.97. The number of benzene rings is 1. The van der Waals surface area contributed by atoms with Gasteiger partial charge in [0, 0.05) is 24.8 Å². The molecule has 0 atom stereocenters. The van der Waals surface area contributed by atoms with Crippen LogP contribution in [-0.4, -0.2) is 29.6 Å². The molecule has 1 aromatic rings. The Morgan fingerprint density at radius 3 is 2.05 bits per heavy atom. The minimum absolute atomic E-state index is 0.0607. The summed E-state index contributed by atoms with van der Waals surface area (Å²) >= 11 is 0. The zero-order chi connectivity index (χ0) is 14.3. The van der Waals surface area contributed by atoms with E-state index in [0.29, 0.717) is 11.4 Å². The van der Waals surface area contributed by atoms with E-state index in [1.807, 2.05) is 0 Å². The maximum absolute atomic E-state index is 11.4. The third-order valence-corrected chi connectivity index (χ3v) is 2.09. The van der Waals surface area contributed by atoms with E-state index < -0.39 is 12.0 Å². The second-order valence-corrected chi connectivity index (χ2v) is 3.78. The topological polar surface area (TPSA) is 108 Å². The normalized spacial score (nSPS) is 9.53. The Morgan fingerprint density at radius 2 is 1.58 bits per heavy atom. The van der Waals surface area contributed by atoms with Crippen molar-refractivity contribution in [2.24, 2.45) is 0 Å². The van der Waals surface area contributed by atoms with Gasteiger partial charge in [-0.3, -0.25) is 9.59 Å². The third-order valence-electron chi connectivity index (χ3n) is 2.09. The molecule has 0 radical (unpaired) electrons. The first kappa shape index (κ1) is 14.5. The Hall–Kier alpha value is -2.57. The molecule has 1 aromatic carbocycles. The Morgan fingerprint density at radius 1 is 1.05 bits per heavy atom. The van der Waals surface area contributed by atoms with Gasteiger partial charge in [-0.2, -0.15) is 0 Å². The van der Waals surface area contributed by atoms with Gasteiger partial charge in [0.25, 0.3) is 0 Å². The predicted molar refractivity (Wildman–Crippen MR) is 70.0 cm³/mol. The molecule has 3 amide bonds. The highest BCUT2D eigenvalue weighted by Gasteiger charge is 2.03. The molecule has 7 heteroatoms. The highest BCUT2D eigenvalue weighted by Crippen LogP contribution is 2.13. The van der Waals surface area contributed by atoms with E-state index in [9.17, 15) is 14.4 Å². The van der Waals surface area contributed by atoms with E-state index in [1.165, 1.54) is 6.92 Å². The van der Waals surface area contributed by atoms with Gasteiger partial charge in [0.2, 0.25) is 5.91 Å². The largest absolute Gasteiger partial charge is 0.481 e. The lowest BCUT2D eigenvalue weighted by atomic mass is 10.3. The molecular weight excluding hydrogens is 250 g/mol. The van der Waals surface area contributed by atoms with Crippen molar-refractivity contribution in [3.05, 3.63) is 24.3 Å². The average molecular weight is 265 g/mol. The SMILES string of the molecule is CC(=O)Nc1ccc(NC(=O)NCCC(=O)O)cc1. The summed E-state index contributed by atoms with van der Waals surface area (Å²) in [7, 11) is 0. The fourth-order valence-corrected chi connectivity index (χ4v) is 1.30. The molecule has 0 fully saturated rings. The number of urea groups is 1. The van der Waals surface area contributed by atoms with Crippen molar-refractivity contribution in [1.29, 1.82) is 0 Å². The van der Waals surface area contributed by atoms with Gasteiger partial charge in [0.1, 0.15) is 0 Å². The fourth-order valence-electron chi connectivity index (χ4n) is 1.30. The number of rotatable bonds is 5. The van der Waals surface area contributed by atoms with Crippen molar-refractivity contribution >= 4 is 29.3 Å². The molecule has 0 aromatic heterocycles. The molecule has 0 saturated carbocycles. The summed E-state index contributed by atoms with van der Waals surface area (Å²) in [5, 5.41) is 16.0. The third kappa shape index (κ3) is 6.06. The number of aliphatic carboxylic acids is 1. The number of carbonyl (C=O) groups is 3. The summed E-state index contributed by atoms with van der Waals surface area (Å²) < 4.78 is 0. The first-order valence-electron chi connectivity index (χ1n) is 5.61. The molecule has 102 valence electrons. The number of nitrogens with one attached hydrogen (secondary N) is 3. The zero-order valence-electron chi connectivity index (χ0n) is 10.4. The van der Waals surface area contributed by atoms with Gasteiger partial charge >= 0.3 is 12.0 Å². The molecule has 0 aliphatic rings. The van der Waals surface area contributed by atoms with E-state index >= 15 is 0 Å². The van der Waals surface area contributed by atoms with Gasteiger partial charge in [-0.05, 0) is 24.3 Å². The van der Waals surface area contributed by atoms with Crippen LogP contribution in [0, 0.1) is 0 Å². The minimum Gasteiger partial charge on any atom is -0.481 e. The Labute approximate surface area is 110 Å². The molecule has 0 bridgehead atoms. The summed E-state index contributed by atoms with van der Waals surface area (Å²) in [5.41, 5.74) is 1.17. The highest BCUT2D eigenvalue weighted by atomic mass is 16.4. The lowest BCUT2D eigenvalue weighted by Gasteiger charge is -2.07. The van der Waals surface area contributed by atoms with Crippen LogP contribution in [0.2, 0.25) is 0 Å². The second-order valence-electron chi connectivity index (χ2n) is 3.78. The van der Waals surface area contributed by atoms with Gasteiger partial charge in [-0.25, -0.2) is 4.79 Å². The number of carboxylic acid groups (broad SMARTS) is 1. The molecule has 0 heterocycles. The number of anilines is 2. The molecule has 19 heavy (non-hydrogen) atoms. The maximum Gasteiger partial charge on any atom is 0.319 e. The van der Waals surface area contributed by atoms with E-state index in [2.05, 4.69) is 16.0 Å². The molecule has 0 unspecified atom stereocenters. The number of carbonyl (C=O) groups excluding carboxylic acids is 2. The summed E-state index contributed by atoms with van der Waals surface area (Å²) in [6, 6.07) is 6.07. The van der Waals surface area contributed by atoms with E-state index in [1.54, 1.807) is 24.3 Å². The smallest absolute Gasteiger partial charge is 0.319 e. The summed E-state index contributed by atoms with van der Waals surface area (Å²) in [6.07, 6.45) is -0.130. The highest BCUT2D eigenvalue weighted by molar-refractivity contribution is 5.91. The van der Waals surface area contributed by atoms with Gasteiger partial charge in [0.15, 0.2) is 0 Å². The van der Waals surface area contributed by atoms with Crippen LogP contribution in [0.4, 0.5) is 16.2 Å². The van der Waals surface area contributed by atoms with E-state index in [-0.39, 0.29) is 18.9 Å². The van der Waals surface area contributed by atoms with Crippen LogP contribution in [0.1, 0.15) is 13.3 Å². The summed E-state index contributed by atoms with van der Waals surface area (Å²) in [4.78, 5) is 32.4. The van der Waals surface area contributed by atoms with Crippen molar-refractivity contribution in [2.75, 3.05) is 17.2 Å². The number of hydrogen-bond donors (Lipinski definition) is 4. The average Bonchev–Trinajstić information content (AvgIpc) is 2.30. The molecule has 0 aliphatic carbocycles. The Kier molecular flexibility index (Phi) is 5.34. The molecule has 0 aliphatic heterocycles. The van der Waals surface area contributed by atoms with E-state index in [4.69, 9.17) is 5.11 Å². The Bertz CT molecular complexity index is 470. The first-order valence-corrected chi connectivity index (χ1v) is 5.61. The minimum atomic E-state index is -0.972. The summed E-state index contributed by atoms with van der Waals surface area (Å²) in [6.45, 7) is 1.47. The van der Waals surface area contributed by atoms with Crippen LogP contribution in [0.15, 0.2) is 24.3 Å². The second kappa shape index (κ2) is 7.00. The molecule has 1 rings (SSSR count). The maximum atomic E-state index is 11.4. The predicted octanol–water partition coefficient (Wildman–Crippen LogP) is 1.24. The van der Waals surface area contributed by atoms with Crippen molar-refractivity contribution in [2.45, 2.75) is 13.3 Å². The number of amides is 3. The Balaban J connectivity index is 2.42.